The van der Waals surface area contributed by atoms with Crippen LogP contribution in [0.4, 0.5) is 11.6 Å². The molecule has 3 aromatic rings. The van der Waals surface area contributed by atoms with E-state index in [9.17, 15) is 19.7 Å². The van der Waals surface area contributed by atoms with E-state index in [-0.39, 0.29) is 36.0 Å². The molecule has 0 fully saturated rings. The summed E-state index contributed by atoms with van der Waals surface area (Å²) in [7, 11) is 3.56. The largest absolute Gasteiger partial charge is 0.459 e. The number of nitro benzene ring substituents is 1. The highest BCUT2D eigenvalue weighted by molar-refractivity contribution is 5.70. The van der Waals surface area contributed by atoms with Crippen molar-refractivity contribution in [1.82, 2.24) is 24.4 Å². The highest BCUT2D eigenvalue weighted by Gasteiger charge is 2.14. The molecule has 0 amide bonds. The van der Waals surface area contributed by atoms with E-state index in [1.165, 1.54) is 36.2 Å². The number of hydrogen-bond donors (Lipinski definition) is 0. The van der Waals surface area contributed by atoms with E-state index in [0.717, 1.165) is 5.56 Å². The Morgan fingerprint density at radius 1 is 1.28 bits per heavy atom. The lowest BCUT2D eigenvalue weighted by molar-refractivity contribution is -0.384. The van der Waals surface area contributed by atoms with Crippen LogP contribution in [0.3, 0.4) is 0 Å². The van der Waals surface area contributed by atoms with Crippen molar-refractivity contribution in [1.29, 1.82) is 0 Å². The van der Waals surface area contributed by atoms with Gasteiger partial charge >= 0.3 is 5.97 Å². The molecular weight excluding hydrogens is 418 g/mol. The van der Waals surface area contributed by atoms with Crippen molar-refractivity contribution in [2.75, 3.05) is 14.1 Å². The molecule has 0 radical (unpaired) electrons. The third-order valence-corrected chi connectivity index (χ3v) is 4.30. The Bertz CT molecular complexity index is 1240. The van der Waals surface area contributed by atoms with Crippen LogP contribution in [0, 0.1) is 10.1 Å². The Balaban J connectivity index is 1.97. The molecule has 2 aromatic heterocycles. The lowest BCUT2D eigenvalue weighted by Crippen LogP contribution is -2.24. The molecule has 0 spiro atoms. The molecule has 0 N–H and O–H groups in total. The summed E-state index contributed by atoms with van der Waals surface area (Å²) in [6, 6.07) is 6.11. The van der Waals surface area contributed by atoms with Gasteiger partial charge in [0.1, 0.15) is 6.61 Å². The molecule has 1 aromatic carbocycles. The maximum atomic E-state index is 13.1. The number of rotatable bonds is 8. The van der Waals surface area contributed by atoms with Crippen LogP contribution in [0.15, 0.2) is 40.2 Å². The van der Waals surface area contributed by atoms with Gasteiger partial charge in [0.05, 0.1) is 23.2 Å². The molecule has 0 saturated carbocycles. The Morgan fingerprint density at radius 3 is 2.62 bits per heavy atom. The standard InChI is InChI=1S/C20H21N7O5/c1-13(28)32-11-15-10-21-17-18(23-15)24-20(22-12-25(2)3)26(19(17)29)9-8-14-4-6-16(7-5-14)27(30)31/h4-7,10,12H,8-9,11H2,1-3H3/b22-12+. The number of nitro groups is 1. The summed E-state index contributed by atoms with van der Waals surface area (Å²) in [4.78, 5) is 53.3. The van der Waals surface area contributed by atoms with Gasteiger partial charge in [-0.15, -0.1) is 0 Å². The van der Waals surface area contributed by atoms with Gasteiger partial charge in [-0.1, -0.05) is 12.1 Å². The van der Waals surface area contributed by atoms with Crippen molar-refractivity contribution in [3.05, 3.63) is 62.2 Å². The Morgan fingerprint density at radius 2 is 2.00 bits per heavy atom. The number of carbonyl (C=O) groups excluding carboxylic acids is 1. The van der Waals surface area contributed by atoms with Gasteiger partial charge in [-0.2, -0.15) is 4.98 Å². The number of ether oxygens (including phenoxy) is 1. The fourth-order valence-electron chi connectivity index (χ4n) is 2.75. The van der Waals surface area contributed by atoms with Gasteiger partial charge in [-0.3, -0.25) is 24.3 Å². The zero-order valence-corrected chi connectivity index (χ0v) is 17.8. The molecule has 0 aliphatic heterocycles. The van der Waals surface area contributed by atoms with Crippen molar-refractivity contribution in [2.24, 2.45) is 4.99 Å². The second kappa shape index (κ2) is 9.73. The minimum Gasteiger partial charge on any atom is -0.459 e. The number of aromatic nitrogens is 4. The van der Waals surface area contributed by atoms with Crippen LogP contribution < -0.4 is 5.56 Å². The summed E-state index contributed by atoms with van der Waals surface area (Å²) >= 11 is 0. The van der Waals surface area contributed by atoms with Gasteiger partial charge in [0.2, 0.25) is 5.95 Å². The molecule has 2 heterocycles. The molecule has 0 unspecified atom stereocenters. The molecule has 166 valence electrons. The second-order valence-electron chi connectivity index (χ2n) is 7.06. The number of hydrogen-bond acceptors (Lipinski definition) is 9. The number of aryl methyl sites for hydroxylation is 1. The van der Waals surface area contributed by atoms with Crippen LogP contribution in [-0.4, -0.2) is 55.7 Å². The normalized spacial score (nSPS) is 11.1. The zero-order chi connectivity index (χ0) is 23.3. The summed E-state index contributed by atoms with van der Waals surface area (Å²) in [5, 5.41) is 10.8. The summed E-state index contributed by atoms with van der Waals surface area (Å²) in [6.45, 7) is 1.43. The number of carbonyl (C=O) groups is 1. The molecule has 0 saturated heterocycles. The van der Waals surface area contributed by atoms with Gasteiger partial charge in [0, 0.05) is 39.7 Å². The molecule has 0 bridgehead atoms. The SMILES string of the molecule is CC(=O)OCc1cnc2c(=O)n(CCc3ccc([N+](=O)[O-])cc3)c(/N=C/N(C)C)nc2n1. The monoisotopic (exact) mass is 439 g/mol. The number of fused-ring (bicyclic) bond motifs is 1. The van der Waals surface area contributed by atoms with E-state index < -0.39 is 16.5 Å². The highest BCUT2D eigenvalue weighted by atomic mass is 16.6. The van der Waals surface area contributed by atoms with Crippen LogP contribution in [0.1, 0.15) is 18.2 Å². The second-order valence-corrected chi connectivity index (χ2v) is 7.06. The van der Waals surface area contributed by atoms with Gasteiger partial charge in [0.25, 0.3) is 11.2 Å². The molecule has 3 rings (SSSR count). The van der Waals surface area contributed by atoms with Gasteiger partial charge < -0.3 is 9.64 Å². The maximum absolute atomic E-state index is 13.1. The molecule has 0 atom stereocenters. The van der Waals surface area contributed by atoms with Gasteiger partial charge in [-0.05, 0) is 12.0 Å². The quantitative estimate of drug-likeness (QED) is 0.168. The first-order valence-electron chi connectivity index (χ1n) is 9.58. The van der Waals surface area contributed by atoms with Crippen molar-refractivity contribution in [3.8, 4) is 0 Å². The molecule has 32 heavy (non-hydrogen) atoms. The predicted molar refractivity (Wildman–Crippen MR) is 116 cm³/mol. The Hall–Kier alpha value is -4.22. The van der Waals surface area contributed by atoms with Gasteiger partial charge in [0.15, 0.2) is 11.2 Å². The van der Waals surface area contributed by atoms with Crippen molar-refractivity contribution >= 4 is 35.1 Å². The van der Waals surface area contributed by atoms with Crippen LogP contribution in [0.5, 0.6) is 0 Å². The fraction of sp³-hybridized carbons (Fsp3) is 0.300. The van der Waals surface area contributed by atoms with Crippen LogP contribution in [-0.2, 0) is 29.1 Å². The van der Waals surface area contributed by atoms with E-state index in [0.29, 0.717) is 12.1 Å². The van der Waals surface area contributed by atoms with E-state index in [1.54, 1.807) is 31.1 Å². The Kier molecular flexibility index (Phi) is 6.83. The van der Waals surface area contributed by atoms with Crippen LogP contribution in [0.2, 0.25) is 0 Å². The first-order chi connectivity index (χ1) is 15.2. The van der Waals surface area contributed by atoms with E-state index >= 15 is 0 Å². The number of benzene rings is 1. The topological polar surface area (TPSA) is 146 Å². The molecule has 12 heteroatoms. The van der Waals surface area contributed by atoms with Crippen LogP contribution in [0.25, 0.3) is 11.2 Å². The van der Waals surface area contributed by atoms with E-state index in [4.69, 9.17) is 4.74 Å². The lowest BCUT2D eigenvalue weighted by Gasteiger charge is -2.11. The Labute approximate surface area is 182 Å². The minimum atomic E-state index is -0.468. The number of aliphatic imine (C=N–C) groups is 1. The van der Waals surface area contributed by atoms with Crippen molar-refractivity contribution < 1.29 is 14.5 Å². The number of nitrogens with zero attached hydrogens (tertiary/aromatic N) is 7. The minimum absolute atomic E-state index is 0.00519. The molecule has 12 nitrogen and oxygen atoms in total. The summed E-state index contributed by atoms with van der Waals surface area (Å²) < 4.78 is 6.30. The zero-order valence-electron chi connectivity index (χ0n) is 17.8. The summed E-state index contributed by atoms with van der Waals surface area (Å²) in [5.41, 5.74) is 0.892. The first-order valence-corrected chi connectivity index (χ1v) is 9.58. The van der Waals surface area contributed by atoms with E-state index in [2.05, 4.69) is 19.9 Å². The van der Waals surface area contributed by atoms with Gasteiger partial charge in [-0.25, -0.2) is 15.0 Å². The lowest BCUT2D eigenvalue weighted by atomic mass is 10.1. The first kappa shape index (κ1) is 22.5. The third-order valence-electron chi connectivity index (χ3n) is 4.30. The van der Waals surface area contributed by atoms with Crippen molar-refractivity contribution in [2.45, 2.75) is 26.5 Å². The van der Waals surface area contributed by atoms with Crippen molar-refractivity contribution in [3.63, 3.8) is 0 Å². The average molecular weight is 439 g/mol. The third kappa shape index (κ3) is 5.47. The highest BCUT2D eigenvalue weighted by Crippen LogP contribution is 2.15. The average Bonchev–Trinajstić information content (AvgIpc) is 2.75. The smallest absolute Gasteiger partial charge is 0.303 e. The maximum Gasteiger partial charge on any atom is 0.303 e. The van der Waals surface area contributed by atoms with Crippen LogP contribution >= 0.6 is 0 Å². The molecule has 0 aliphatic rings. The van der Waals surface area contributed by atoms with E-state index in [1.807, 2.05) is 0 Å². The predicted octanol–water partition coefficient (Wildman–Crippen LogP) is 1.62. The number of non-ortho nitro benzene ring substituents is 1. The fourth-order valence-corrected chi connectivity index (χ4v) is 2.75. The number of esters is 1. The summed E-state index contributed by atoms with van der Waals surface area (Å²) in [6.07, 6.45) is 3.29. The summed E-state index contributed by atoms with van der Waals surface area (Å²) in [5.74, 6) is -0.324. The molecule has 0 aliphatic carbocycles. The molecular formula is C20H21N7O5.